The number of aliphatic imine (C=N–C) groups is 1. The van der Waals surface area contributed by atoms with E-state index in [1.165, 1.54) is 11.3 Å². The van der Waals surface area contributed by atoms with E-state index >= 15 is 0 Å². The molecule has 0 saturated carbocycles. The molecule has 0 aromatic carbocycles. The molecular weight excluding hydrogens is 398 g/mol. The predicted molar refractivity (Wildman–Crippen MR) is 111 cm³/mol. The first-order valence-corrected chi connectivity index (χ1v) is 11.3. The van der Waals surface area contributed by atoms with Crippen LogP contribution in [0.1, 0.15) is 44.9 Å². The summed E-state index contributed by atoms with van der Waals surface area (Å²) >= 11 is 4.62. The molecule has 142 valence electrons. The molecule has 0 bridgehead atoms. The van der Waals surface area contributed by atoms with Crippen molar-refractivity contribution < 1.29 is 5.11 Å². The molecule has 0 spiro atoms. The highest BCUT2D eigenvalue weighted by Gasteiger charge is 2.57. The fourth-order valence-electron chi connectivity index (χ4n) is 3.48. The monoisotopic (exact) mass is 419 g/mol. The minimum atomic E-state index is -1.55. The van der Waals surface area contributed by atoms with Crippen molar-refractivity contribution in [3.8, 4) is 0 Å². The Balaban J connectivity index is 1.93. The summed E-state index contributed by atoms with van der Waals surface area (Å²) in [6.07, 6.45) is 1.36. The highest BCUT2D eigenvalue weighted by molar-refractivity contribution is 7.12. The van der Waals surface area contributed by atoms with E-state index in [1.54, 1.807) is 22.7 Å². The molecule has 27 heavy (non-hydrogen) atoms. The summed E-state index contributed by atoms with van der Waals surface area (Å²) in [6, 6.07) is 0. The number of thiazole rings is 3. The Morgan fingerprint density at radius 1 is 1.00 bits per heavy atom. The zero-order chi connectivity index (χ0) is 19.2. The van der Waals surface area contributed by atoms with Gasteiger partial charge in [-0.1, -0.05) is 0 Å². The second kappa shape index (κ2) is 6.82. The average Bonchev–Trinajstić information content (AvgIpc) is 3.37. The van der Waals surface area contributed by atoms with Crippen LogP contribution in [0.25, 0.3) is 0 Å². The minimum Gasteiger partial charge on any atom is -0.362 e. The lowest BCUT2D eigenvalue weighted by molar-refractivity contribution is -0.0653. The normalized spacial score (nSPS) is 25.6. The summed E-state index contributed by atoms with van der Waals surface area (Å²) < 4.78 is 0. The number of aromatic nitrogens is 3. The first kappa shape index (κ1) is 18.8. The van der Waals surface area contributed by atoms with Gasteiger partial charge in [0, 0.05) is 27.5 Å². The van der Waals surface area contributed by atoms with Crippen LogP contribution < -0.4 is 5.32 Å². The minimum absolute atomic E-state index is 0.553. The Morgan fingerprint density at radius 3 is 2.30 bits per heavy atom. The van der Waals surface area contributed by atoms with E-state index in [1.807, 2.05) is 44.0 Å². The average molecular weight is 420 g/mol. The van der Waals surface area contributed by atoms with Crippen molar-refractivity contribution >= 4 is 39.7 Å². The van der Waals surface area contributed by atoms with Gasteiger partial charge in [0.15, 0.2) is 0 Å². The molecule has 9 heteroatoms. The maximum atomic E-state index is 12.0. The molecule has 0 fully saturated rings. The summed E-state index contributed by atoms with van der Waals surface area (Å²) in [5.41, 5.74) is 0.892. The molecule has 2 N–H and O–H groups in total. The molecule has 0 radical (unpaired) electrons. The lowest BCUT2D eigenvalue weighted by atomic mass is 9.77. The summed E-state index contributed by atoms with van der Waals surface area (Å²) in [5, 5.41) is 23.9. The van der Waals surface area contributed by atoms with Crippen LogP contribution in [-0.2, 0) is 11.3 Å². The SMILES string of the molecule is CNC1(c2nc(C)cs2)CCC(c2nc(C)cs2)=NC1(O)c1csc(C)n1. The quantitative estimate of drug-likeness (QED) is 0.676. The van der Waals surface area contributed by atoms with Gasteiger partial charge in [-0.3, -0.25) is 0 Å². The molecule has 3 aromatic heterocycles. The zero-order valence-electron chi connectivity index (χ0n) is 15.6. The maximum absolute atomic E-state index is 12.0. The van der Waals surface area contributed by atoms with Crippen LogP contribution in [-0.4, -0.2) is 32.8 Å². The topological polar surface area (TPSA) is 83.3 Å². The van der Waals surface area contributed by atoms with Gasteiger partial charge >= 0.3 is 0 Å². The lowest BCUT2D eigenvalue weighted by Crippen LogP contribution is -2.59. The van der Waals surface area contributed by atoms with Crippen LogP contribution in [0.4, 0.5) is 0 Å². The van der Waals surface area contributed by atoms with Crippen LogP contribution in [0.15, 0.2) is 21.1 Å². The summed E-state index contributed by atoms with van der Waals surface area (Å²) in [7, 11) is 1.86. The Labute approximate surface area is 170 Å². The largest absolute Gasteiger partial charge is 0.362 e. The van der Waals surface area contributed by atoms with Gasteiger partial charge in [0.05, 0.1) is 10.7 Å². The summed E-state index contributed by atoms with van der Waals surface area (Å²) in [6.45, 7) is 5.87. The Bertz CT molecular complexity index is 1010. The van der Waals surface area contributed by atoms with Gasteiger partial charge in [0.25, 0.3) is 0 Å². The standard InChI is InChI=1S/C18H21N5OS3/c1-10-7-26-15(20-10)13-5-6-17(19-4,16-21-11(2)8-27-16)18(24,23-13)14-9-25-12(3)22-14/h7-9,19,24H,5-6H2,1-4H3. The van der Waals surface area contributed by atoms with Crippen molar-refractivity contribution in [3.05, 3.63) is 48.2 Å². The van der Waals surface area contributed by atoms with Crippen LogP contribution in [0, 0.1) is 20.8 Å². The number of aliphatic hydroxyl groups is 1. The lowest BCUT2D eigenvalue weighted by Gasteiger charge is -2.45. The van der Waals surface area contributed by atoms with E-state index in [0.717, 1.165) is 32.1 Å². The zero-order valence-corrected chi connectivity index (χ0v) is 18.1. The van der Waals surface area contributed by atoms with E-state index in [2.05, 4.69) is 15.3 Å². The molecule has 0 saturated heterocycles. The third-order valence-electron chi connectivity index (χ3n) is 4.88. The number of aryl methyl sites for hydroxylation is 3. The van der Waals surface area contributed by atoms with Gasteiger partial charge in [-0.25, -0.2) is 19.9 Å². The van der Waals surface area contributed by atoms with Crippen LogP contribution in [0.5, 0.6) is 0 Å². The van der Waals surface area contributed by atoms with E-state index < -0.39 is 11.3 Å². The number of hydrogen-bond donors (Lipinski definition) is 2. The van der Waals surface area contributed by atoms with Crippen molar-refractivity contribution in [2.24, 2.45) is 4.99 Å². The van der Waals surface area contributed by atoms with Gasteiger partial charge in [-0.15, -0.1) is 34.0 Å². The van der Waals surface area contributed by atoms with E-state index in [9.17, 15) is 5.11 Å². The third kappa shape index (κ3) is 2.98. The molecule has 4 rings (SSSR count). The van der Waals surface area contributed by atoms with Gasteiger partial charge in [0.1, 0.15) is 21.2 Å². The molecule has 3 aromatic rings. The maximum Gasteiger partial charge on any atom is 0.225 e. The Morgan fingerprint density at radius 2 is 1.74 bits per heavy atom. The third-order valence-corrected chi connectivity index (χ3v) is 7.79. The van der Waals surface area contributed by atoms with E-state index in [-0.39, 0.29) is 0 Å². The van der Waals surface area contributed by atoms with Crippen molar-refractivity contribution in [1.82, 2.24) is 20.3 Å². The first-order chi connectivity index (χ1) is 12.9. The number of hydrogen-bond acceptors (Lipinski definition) is 9. The molecule has 1 aliphatic rings. The van der Waals surface area contributed by atoms with E-state index in [4.69, 9.17) is 9.98 Å². The van der Waals surface area contributed by atoms with Crippen molar-refractivity contribution in [2.75, 3.05) is 7.05 Å². The second-order valence-electron chi connectivity index (χ2n) is 6.73. The highest BCUT2D eigenvalue weighted by atomic mass is 32.1. The molecule has 0 amide bonds. The smallest absolute Gasteiger partial charge is 0.225 e. The highest BCUT2D eigenvalue weighted by Crippen LogP contribution is 2.49. The number of nitrogens with one attached hydrogen (secondary N) is 1. The molecule has 0 aliphatic carbocycles. The van der Waals surface area contributed by atoms with Gasteiger partial charge in [-0.2, -0.15) is 0 Å². The molecule has 1 aliphatic heterocycles. The predicted octanol–water partition coefficient (Wildman–Crippen LogP) is 3.52. The van der Waals surface area contributed by atoms with E-state index in [0.29, 0.717) is 18.5 Å². The van der Waals surface area contributed by atoms with Crippen molar-refractivity contribution in [1.29, 1.82) is 0 Å². The van der Waals surface area contributed by atoms with Crippen LogP contribution in [0.3, 0.4) is 0 Å². The van der Waals surface area contributed by atoms with Crippen LogP contribution in [0.2, 0.25) is 0 Å². The number of nitrogens with zero attached hydrogens (tertiary/aromatic N) is 4. The number of rotatable bonds is 4. The summed E-state index contributed by atoms with van der Waals surface area (Å²) in [4.78, 5) is 18.7. The fourth-order valence-corrected chi connectivity index (χ4v) is 6.02. The molecular formula is C18H21N5OS3. The van der Waals surface area contributed by atoms with Gasteiger partial charge in [-0.05, 0) is 40.7 Å². The molecule has 6 nitrogen and oxygen atoms in total. The Hall–Kier alpha value is -1.52. The molecule has 2 atom stereocenters. The molecule has 2 unspecified atom stereocenters. The van der Waals surface area contributed by atoms with Crippen molar-refractivity contribution in [3.63, 3.8) is 0 Å². The van der Waals surface area contributed by atoms with Gasteiger partial charge < -0.3 is 10.4 Å². The van der Waals surface area contributed by atoms with Gasteiger partial charge in [0.2, 0.25) is 5.72 Å². The molecule has 4 heterocycles. The second-order valence-corrected chi connectivity index (χ2v) is 9.50. The Kier molecular flexibility index (Phi) is 4.76. The first-order valence-electron chi connectivity index (χ1n) is 8.66. The van der Waals surface area contributed by atoms with Crippen LogP contribution >= 0.6 is 34.0 Å². The summed E-state index contributed by atoms with van der Waals surface area (Å²) in [5.74, 6) is 0. The fraction of sp³-hybridized carbons (Fsp3) is 0.444. The number of likely N-dealkylation sites (N-methyl/N-ethyl adjacent to an activating group) is 1. The van der Waals surface area contributed by atoms with Crippen molar-refractivity contribution in [2.45, 2.75) is 44.9 Å².